The van der Waals surface area contributed by atoms with Crippen LogP contribution in [0, 0.1) is 11.3 Å². The summed E-state index contributed by atoms with van der Waals surface area (Å²) in [6.07, 6.45) is 2.85. The third kappa shape index (κ3) is 2.34. The molecule has 2 rings (SSSR count). The molecule has 0 unspecified atom stereocenters. The third-order valence-corrected chi connectivity index (χ3v) is 2.89. The minimum atomic E-state index is -0.253. The second-order valence-electron chi connectivity index (χ2n) is 3.01. The smallest absolute Gasteiger partial charge is 0.270 e. The minimum absolute atomic E-state index is 0.253. The molecule has 0 amide bonds. The highest BCUT2D eigenvalue weighted by atomic mass is 32.2. The van der Waals surface area contributed by atoms with E-state index in [1.54, 1.807) is 0 Å². The summed E-state index contributed by atoms with van der Waals surface area (Å²) in [6.45, 7) is 2.38. The van der Waals surface area contributed by atoms with Gasteiger partial charge >= 0.3 is 5.69 Å². The van der Waals surface area contributed by atoms with Crippen molar-refractivity contribution in [2.75, 3.05) is 0 Å². The molecule has 0 saturated carbocycles. The predicted octanol–water partition coefficient (Wildman–Crippen LogP) is 0.404. The maximum Gasteiger partial charge on any atom is 0.343 e. The zero-order valence-corrected chi connectivity index (χ0v) is 9.73. The van der Waals surface area contributed by atoms with Gasteiger partial charge in [-0.1, -0.05) is 0 Å². The fraction of sp³-hybridized carbons (Fsp3) is 0.222. The van der Waals surface area contributed by atoms with Crippen LogP contribution in [0.25, 0.3) is 0 Å². The maximum absolute atomic E-state index is 11.3. The van der Waals surface area contributed by atoms with E-state index in [4.69, 9.17) is 5.26 Å². The van der Waals surface area contributed by atoms with Gasteiger partial charge in [-0.15, -0.1) is 5.10 Å². The molecule has 8 heteroatoms. The predicted molar refractivity (Wildman–Crippen MR) is 59.4 cm³/mol. The van der Waals surface area contributed by atoms with Crippen LogP contribution in [0.3, 0.4) is 0 Å². The topological polar surface area (TPSA) is 100 Å². The Morgan fingerprint density at radius 3 is 2.94 bits per heavy atom. The first kappa shape index (κ1) is 11.3. The lowest BCUT2D eigenvalue weighted by Gasteiger charge is -2.00. The average molecular weight is 248 g/mol. The van der Waals surface area contributed by atoms with Crippen LogP contribution in [-0.4, -0.2) is 24.7 Å². The monoisotopic (exact) mass is 248 g/mol. The number of aromatic nitrogens is 5. The van der Waals surface area contributed by atoms with Crippen LogP contribution in [0.4, 0.5) is 0 Å². The van der Waals surface area contributed by atoms with Crippen LogP contribution in [0.2, 0.25) is 0 Å². The van der Waals surface area contributed by atoms with Crippen LogP contribution >= 0.6 is 11.8 Å². The molecule has 1 N–H and O–H groups in total. The summed E-state index contributed by atoms with van der Waals surface area (Å²) in [6, 6.07) is 1.88. The summed E-state index contributed by atoms with van der Waals surface area (Å²) in [5, 5.41) is 15.9. The van der Waals surface area contributed by atoms with Gasteiger partial charge in [-0.2, -0.15) is 5.26 Å². The van der Waals surface area contributed by atoms with Crippen LogP contribution in [-0.2, 0) is 6.54 Å². The lowest BCUT2D eigenvalue weighted by Crippen LogP contribution is -2.16. The van der Waals surface area contributed by atoms with Crippen molar-refractivity contribution in [3.63, 3.8) is 0 Å². The van der Waals surface area contributed by atoms with Gasteiger partial charge in [0.2, 0.25) is 0 Å². The van der Waals surface area contributed by atoms with Gasteiger partial charge < -0.3 is 0 Å². The summed E-state index contributed by atoms with van der Waals surface area (Å²) >= 11 is 1.22. The first-order chi connectivity index (χ1) is 8.24. The van der Waals surface area contributed by atoms with E-state index in [0.717, 1.165) is 0 Å². The molecule has 0 atom stereocenters. The molecule has 17 heavy (non-hydrogen) atoms. The summed E-state index contributed by atoms with van der Waals surface area (Å²) in [7, 11) is 0. The molecule has 0 aliphatic rings. The van der Waals surface area contributed by atoms with Gasteiger partial charge in [0.05, 0.1) is 12.4 Å². The SMILES string of the molecule is CCn1c(Sc2cnc(C#N)cn2)n[nH]c1=O. The van der Waals surface area contributed by atoms with Crippen LogP contribution in [0.15, 0.2) is 27.4 Å². The number of hydrogen-bond acceptors (Lipinski definition) is 6. The van der Waals surface area contributed by atoms with Crippen molar-refractivity contribution in [2.45, 2.75) is 23.7 Å². The highest BCUT2D eigenvalue weighted by Gasteiger charge is 2.09. The van der Waals surface area contributed by atoms with E-state index in [1.165, 1.54) is 28.7 Å². The summed E-state index contributed by atoms with van der Waals surface area (Å²) < 4.78 is 1.49. The van der Waals surface area contributed by atoms with Crippen molar-refractivity contribution in [2.24, 2.45) is 0 Å². The van der Waals surface area contributed by atoms with Crippen molar-refractivity contribution in [3.05, 3.63) is 28.6 Å². The Morgan fingerprint density at radius 1 is 1.53 bits per heavy atom. The van der Waals surface area contributed by atoms with E-state index in [9.17, 15) is 4.79 Å². The van der Waals surface area contributed by atoms with Crippen molar-refractivity contribution >= 4 is 11.8 Å². The highest BCUT2D eigenvalue weighted by molar-refractivity contribution is 7.99. The Morgan fingerprint density at radius 2 is 2.35 bits per heavy atom. The van der Waals surface area contributed by atoms with Gasteiger partial charge in [-0.25, -0.2) is 19.9 Å². The fourth-order valence-corrected chi connectivity index (χ4v) is 1.99. The largest absolute Gasteiger partial charge is 0.343 e. The highest BCUT2D eigenvalue weighted by Crippen LogP contribution is 2.21. The number of nitrogens with one attached hydrogen (secondary N) is 1. The van der Waals surface area contributed by atoms with E-state index in [2.05, 4.69) is 20.2 Å². The van der Waals surface area contributed by atoms with Crippen LogP contribution < -0.4 is 5.69 Å². The molecule has 0 aliphatic carbocycles. The second kappa shape index (κ2) is 4.80. The number of hydrogen-bond donors (Lipinski definition) is 1. The van der Waals surface area contributed by atoms with E-state index < -0.39 is 0 Å². The molecule has 0 saturated heterocycles. The normalized spacial score (nSPS) is 10.1. The molecular formula is C9H8N6OS. The Balaban J connectivity index is 2.25. The summed E-state index contributed by atoms with van der Waals surface area (Å²) in [5.74, 6) is 0. The molecular weight excluding hydrogens is 240 g/mol. The molecule has 2 heterocycles. The summed E-state index contributed by atoms with van der Waals surface area (Å²) in [5.41, 5.74) is 0.000800. The van der Waals surface area contributed by atoms with E-state index in [-0.39, 0.29) is 11.4 Å². The molecule has 0 aliphatic heterocycles. The first-order valence-corrected chi connectivity index (χ1v) is 5.61. The Hall–Kier alpha value is -2.14. The van der Waals surface area contributed by atoms with Gasteiger partial charge in [-0.3, -0.25) is 4.57 Å². The molecule has 0 aromatic carbocycles. The summed E-state index contributed by atoms with van der Waals surface area (Å²) in [4.78, 5) is 19.2. The third-order valence-electron chi connectivity index (χ3n) is 1.98. The van der Waals surface area contributed by atoms with E-state index in [1.807, 2.05) is 13.0 Å². The van der Waals surface area contributed by atoms with Crippen LogP contribution in [0.5, 0.6) is 0 Å². The van der Waals surface area contributed by atoms with Crippen molar-refractivity contribution in [1.29, 1.82) is 5.26 Å². The molecule has 0 spiro atoms. The average Bonchev–Trinajstić information content (AvgIpc) is 2.71. The minimum Gasteiger partial charge on any atom is -0.270 e. The van der Waals surface area contributed by atoms with Crippen molar-refractivity contribution in [3.8, 4) is 6.07 Å². The zero-order valence-electron chi connectivity index (χ0n) is 8.91. The lowest BCUT2D eigenvalue weighted by molar-refractivity contribution is 0.660. The Labute approximate surface area is 101 Å². The van der Waals surface area contributed by atoms with Gasteiger partial charge in [0.1, 0.15) is 11.1 Å². The van der Waals surface area contributed by atoms with Gasteiger partial charge in [0.15, 0.2) is 10.9 Å². The van der Waals surface area contributed by atoms with Gasteiger partial charge in [-0.05, 0) is 18.7 Å². The quantitative estimate of drug-likeness (QED) is 0.844. The zero-order chi connectivity index (χ0) is 12.3. The number of aromatic amines is 1. The van der Waals surface area contributed by atoms with Gasteiger partial charge in [0, 0.05) is 6.54 Å². The number of rotatable bonds is 3. The maximum atomic E-state index is 11.3. The molecule has 0 bridgehead atoms. The standard InChI is InChI=1S/C9H8N6OS/c1-2-15-8(16)13-14-9(15)17-7-5-11-6(3-10)4-12-7/h4-5H,2H2,1H3,(H,13,16). The van der Waals surface area contributed by atoms with Crippen molar-refractivity contribution < 1.29 is 0 Å². The van der Waals surface area contributed by atoms with Crippen LogP contribution in [0.1, 0.15) is 12.6 Å². The first-order valence-electron chi connectivity index (χ1n) is 4.79. The number of nitrogens with zero attached hydrogens (tertiary/aromatic N) is 5. The fourth-order valence-electron chi connectivity index (χ4n) is 1.18. The Bertz CT molecular complexity index is 608. The molecule has 86 valence electrons. The number of nitriles is 1. The Kier molecular flexibility index (Phi) is 3.20. The molecule has 0 radical (unpaired) electrons. The lowest BCUT2D eigenvalue weighted by atomic mass is 10.5. The van der Waals surface area contributed by atoms with E-state index in [0.29, 0.717) is 16.7 Å². The molecule has 2 aromatic rings. The molecule has 2 aromatic heterocycles. The molecule has 7 nitrogen and oxygen atoms in total. The molecule has 0 fully saturated rings. The van der Waals surface area contributed by atoms with Crippen molar-refractivity contribution in [1.82, 2.24) is 24.7 Å². The number of H-pyrrole nitrogens is 1. The van der Waals surface area contributed by atoms with Gasteiger partial charge in [0.25, 0.3) is 0 Å². The second-order valence-corrected chi connectivity index (χ2v) is 4.00. The van der Waals surface area contributed by atoms with E-state index >= 15 is 0 Å².